The molecule has 2 saturated heterocycles. The fraction of sp³-hybridized carbons (Fsp3) is 0.625. The maximum Gasteiger partial charge on any atom is 0.228 e. The molecule has 0 radical (unpaired) electrons. The molecule has 2 fully saturated rings. The zero-order valence-corrected chi connectivity index (χ0v) is 11.9. The molecular weight excluding hydrogens is 250 g/mol. The van der Waals surface area contributed by atoms with E-state index < -0.39 is 0 Å². The third kappa shape index (κ3) is 3.18. The van der Waals surface area contributed by atoms with Crippen LogP contribution in [0.2, 0.25) is 0 Å². The summed E-state index contributed by atoms with van der Waals surface area (Å²) in [4.78, 5) is 18.7. The second kappa shape index (κ2) is 6.35. The molecular formula is C16H23N3O. The van der Waals surface area contributed by atoms with Crippen LogP contribution in [0.15, 0.2) is 24.4 Å². The quantitative estimate of drug-likeness (QED) is 0.910. The van der Waals surface area contributed by atoms with Crippen LogP contribution < -0.4 is 5.32 Å². The molecule has 1 aromatic rings. The van der Waals surface area contributed by atoms with E-state index in [4.69, 9.17) is 0 Å². The van der Waals surface area contributed by atoms with Crippen molar-refractivity contribution < 1.29 is 4.79 Å². The van der Waals surface area contributed by atoms with Crippen LogP contribution in [0, 0.1) is 5.92 Å². The Morgan fingerprint density at radius 1 is 1.35 bits per heavy atom. The summed E-state index contributed by atoms with van der Waals surface area (Å²) in [6.45, 7) is 2.97. The van der Waals surface area contributed by atoms with E-state index in [2.05, 4.69) is 10.3 Å². The summed E-state index contributed by atoms with van der Waals surface area (Å²) in [5, 5.41) is 3.59. The van der Waals surface area contributed by atoms with Crippen molar-refractivity contribution in [2.75, 3.05) is 19.6 Å². The molecule has 20 heavy (non-hydrogen) atoms. The predicted octanol–water partition coefficient (Wildman–Crippen LogP) is 1.61. The molecule has 0 aliphatic carbocycles. The molecule has 2 atom stereocenters. The van der Waals surface area contributed by atoms with Crippen molar-refractivity contribution in [2.24, 2.45) is 5.92 Å². The number of nitrogens with zero attached hydrogens (tertiary/aromatic N) is 2. The van der Waals surface area contributed by atoms with Gasteiger partial charge in [-0.25, -0.2) is 0 Å². The van der Waals surface area contributed by atoms with Gasteiger partial charge in [-0.2, -0.15) is 0 Å². The lowest BCUT2D eigenvalue weighted by molar-refractivity contribution is -0.132. The van der Waals surface area contributed by atoms with E-state index in [0.717, 1.165) is 31.7 Å². The van der Waals surface area contributed by atoms with E-state index in [1.165, 1.54) is 19.3 Å². The molecule has 2 aliphatic rings. The molecule has 0 bridgehead atoms. The Hall–Kier alpha value is -1.42. The van der Waals surface area contributed by atoms with Crippen LogP contribution in [0.4, 0.5) is 0 Å². The van der Waals surface area contributed by atoms with Gasteiger partial charge in [0.05, 0.1) is 6.42 Å². The van der Waals surface area contributed by atoms with Gasteiger partial charge >= 0.3 is 0 Å². The van der Waals surface area contributed by atoms with E-state index in [-0.39, 0.29) is 5.91 Å². The van der Waals surface area contributed by atoms with Gasteiger partial charge in [0, 0.05) is 31.0 Å². The van der Waals surface area contributed by atoms with Crippen LogP contribution in [0.25, 0.3) is 0 Å². The van der Waals surface area contributed by atoms with Crippen LogP contribution in [0.5, 0.6) is 0 Å². The number of hydrogen-bond acceptors (Lipinski definition) is 3. The van der Waals surface area contributed by atoms with Gasteiger partial charge in [0.1, 0.15) is 0 Å². The summed E-state index contributed by atoms with van der Waals surface area (Å²) in [6, 6.07) is 6.38. The fourth-order valence-corrected chi connectivity index (χ4v) is 3.45. The highest BCUT2D eigenvalue weighted by Crippen LogP contribution is 2.25. The van der Waals surface area contributed by atoms with Crippen LogP contribution >= 0.6 is 0 Å². The van der Waals surface area contributed by atoms with E-state index in [1.54, 1.807) is 6.20 Å². The lowest BCUT2D eigenvalue weighted by Crippen LogP contribution is -2.46. The third-order valence-corrected chi connectivity index (χ3v) is 4.54. The highest BCUT2D eigenvalue weighted by molar-refractivity contribution is 5.78. The van der Waals surface area contributed by atoms with Gasteiger partial charge in [0.2, 0.25) is 5.91 Å². The topological polar surface area (TPSA) is 45.2 Å². The summed E-state index contributed by atoms with van der Waals surface area (Å²) in [5.74, 6) is 0.866. The summed E-state index contributed by atoms with van der Waals surface area (Å²) in [7, 11) is 0. The molecule has 108 valence electrons. The average Bonchev–Trinajstić information content (AvgIpc) is 3.03. The number of nitrogens with one attached hydrogen (secondary N) is 1. The van der Waals surface area contributed by atoms with Gasteiger partial charge in [-0.3, -0.25) is 9.78 Å². The number of piperidine rings is 1. The Kier molecular flexibility index (Phi) is 4.31. The van der Waals surface area contributed by atoms with Crippen molar-refractivity contribution in [1.29, 1.82) is 0 Å². The maximum atomic E-state index is 12.4. The van der Waals surface area contributed by atoms with Crippen molar-refractivity contribution in [3.8, 4) is 0 Å². The normalized spacial score (nSPS) is 26.7. The largest absolute Gasteiger partial charge is 0.342 e. The molecule has 1 N–H and O–H groups in total. The molecule has 4 nitrogen and oxygen atoms in total. The number of carbonyl (C=O) groups is 1. The summed E-state index contributed by atoms with van der Waals surface area (Å²) in [6.07, 6.45) is 7.13. The minimum atomic E-state index is 0.228. The second-order valence-corrected chi connectivity index (χ2v) is 5.94. The lowest BCUT2D eigenvalue weighted by atomic mass is 9.89. The lowest BCUT2D eigenvalue weighted by Gasteiger charge is -2.35. The molecule has 3 rings (SSSR count). The monoisotopic (exact) mass is 273 g/mol. The first-order valence-electron chi connectivity index (χ1n) is 7.74. The van der Waals surface area contributed by atoms with Gasteiger partial charge < -0.3 is 10.2 Å². The van der Waals surface area contributed by atoms with Crippen molar-refractivity contribution in [3.05, 3.63) is 30.1 Å². The number of aromatic nitrogens is 1. The van der Waals surface area contributed by atoms with Gasteiger partial charge in [-0.1, -0.05) is 6.07 Å². The molecule has 1 amide bonds. The van der Waals surface area contributed by atoms with Crippen LogP contribution in [0.3, 0.4) is 0 Å². The summed E-state index contributed by atoms with van der Waals surface area (Å²) >= 11 is 0. The Bertz CT molecular complexity index is 442. The molecule has 0 aromatic carbocycles. The number of rotatable bonds is 3. The zero-order valence-electron chi connectivity index (χ0n) is 11.9. The first kappa shape index (κ1) is 13.6. The SMILES string of the molecule is O=C(Cc1ccccn1)N1CCCC(C2CCCN2)C1. The first-order valence-corrected chi connectivity index (χ1v) is 7.74. The van der Waals surface area contributed by atoms with Crippen LogP contribution in [-0.4, -0.2) is 41.5 Å². The van der Waals surface area contributed by atoms with Gasteiger partial charge in [-0.15, -0.1) is 0 Å². The number of amides is 1. The van der Waals surface area contributed by atoms with Crippen molar-refractivity contribution in [3.63, 3.8) is 0 Å². The number of hydrogen-bond donors (Lipinski definition) is 1. The highest BCUT2D eigenvalue weighted by Gasteiger charge is 2.30. The predicted molar refractivity (Wildman–Crippen MR) is 78.3 cm³/mol. The molecule has 3 heterocycles. The summed E-state index contributed by atoms with van der Waals surface area (Å²) in [5.41, 5.74) is 0.874. The molecule has 1 aromatic heterocycles. The third-order valence-electron chi connectivity index (χ3n) is 4.54. The average molecular weight is 273 g/mol. The van der Waals surface area contributed by atoms with Crippen molar-refractivity contribution >= 4 is 5.91 Å². The van der Waals surface area contributed by atoms with Crippen LogP contribution in [-0.2, 0) is 11.2 Å². The Labute approximate surface area is 120 Å². The van der Waals surface area contributed by atoms with Crippen molar-refractivity contribution in [1.82, 2.24) is 15.2 Å². The Morgan fingerprint density at radius 2 is 2.30 bits per heavy atom. The standard InChI is InChI=1S/C16H23N3O/c20-16(11-14-6-1-2-8-17-14)19-10-4-5-13(12-19)15-7-3-9-18-15/h1-2,6,8,13,15,18H,3-5,7,9-12H2. The molecule has 2 unspecified atom stereocenters. The maximum absolute atomic E-state index is 12.4. The van der Waals surface area contributed by atoms with Gasteiger partial charge in [0.25, 0.3) is 0 Å². The minimum Gasteiger partial charge on any atom is -0.342 e. The van der Waals surface area contributed by atoms with E-state index in [9.17, 15) is 4.79 Å². The molecule has 4 heteroatoms. The first-order chi connectivity index (χ1) is 9.83. The second-order valence-electron chi connectivity index (χ2n) is 5.94. The number of likely N-dealkylation sites (tertiary alicyclic amines) is 1. The molecule has 0 saturated carbocycles. The highest BCUT2D eigenvalue weighted by atomic mass is 16.2. The summed E-state index contributed by atoms with van der Waals surface area (Å²) < 4.78 is 0. The van der Waals surface area contributed by atoms with E-state index >= 15 is 0 Å². The van der Waals surface area contributed by atoms with Gasteiger partial charge in [0.15, 0.2) is 0 Å². The van der Waals surface area contributed by atoms with E-state index in [0.29, 0.717) is 18.4 Å². The molecule has 2 aliphatic heterocycles. The smallest absolute Gasteiger partial charge is 0.228 e. The molecule has 0 spiro atoms. The van der Waals surface area contributed by atoms with Crippen molar-refractivity contribution in [2.45, 2.75) is 38.1 Å². The fourth-order valence-electron chi connectivity index (χ4n) is 3.45. The van der Waals surface area contributed by atoms with E-state index in [1.807, 2.05) is 23.1 Å². The Morgan fingerprint density at radius 3 is 3.05 bits per heavy atom. The Balaban J connectivity index is 1.57. The number of pyridine rings is 1. The van der Waals surface area contributed by atoms with Gasteiger partial charge in [-0.05, 0) is 50.3 Å². The minimum absolute atomic E-state index is 0.228. The zero-order chi connectivity index (χ0) is 13.8. The number of carbonyl (C=O) groups excluding carboxylic acids is 1. The van der Waals surface area contributed by atoms with Crippen LogP contribution in [0.1, 0.15) is 31.4 Å².